The molecule has 8 nitrogen and oxygen atoms in total. The molecule has 0 bridgehead atoms. The van der Waals surface area contributed by atoms with E-state index in [9.17, 15) is 19.4 Å². The van der Waals surface area contributed by atoms with Crippen molar-refractivity contribution in [2.24, 2.45) is 0 Å². The summed E-state index contributed by atoms with van der Waals surface area (Å²) in [6.45, 7) is 4.49. The summed E-state index contributed by atoms with van der Waals surface area (Å²) in [4.78, 5) is 25.6. The zero-order chi connectivity index (χ0) is 58.4. The van der Waals surface area contributed by atoms with Crippen molar-refractivity contribution < 1.29 is 32.9 Å². The van der Waals surface area contributed by atoms with Gasteiger partial charge in [0.05, 0.1) is 39.9 Å². The van der Waals surface area contributed by atoms with Crippen LogP contribution in [0.2, 0.25) is 0 Å². The van der Waals surface area contributed by atoms with Gasteiger partial charge in [0.15, 0.2) is 0 Å². The summed E-state index contributed by atoms with van der Waals surface area (Å²) in [7, 11) is 1.20. The van der Waals surface area contributed by atoms with Crippen LogP contribution in [-0.4, -0.2) is 68.5 Å². The second-order valence-electron chi connectivity index (χ2n) is 22.7. The standard InChI is InChI=1S/C71H123N2O6P/c1-6-8-10-12-14-16-18-20-22-24-26-28-30-32-34-35-36-37-39-41-43-45-47-49-51-53-55-57-59-61-63-65-71(75)72-69(68-79-80(76,77)78-67-66-73(3,4)5)70(74)64-62-60-58-56-54-52-50-48-46-44-42-40-38-33-31-29-27-25-23-21-19-17-15-13-11-9-7-2/h8,10,14,16,20,22,26,28,32,34,36-37,41,43,47,49,53-56,62,64,69-70,74H,6-7,9,11-13,15,17-19,21,23-25,27,29-31,33,35,38-40,42,44-46,48,50-52,57-61,63,65-68H2,1-5H3,(H-,72,75,76,77)/b10-8-,16-14-,22-20-,28-26-,34-32-,37-36-,43-41-,49-47-,55-53-,56-54+,64-62+. The van der Waals surface area contributed by atoms with Crippen LogP contribution in [-0.2, 0) is 18.4 Å². The molecule has 0 rings (SSSR count). The normalized spacial score (nSPS) is 14.6. The number of likely N-dealkylation sites (N-methyl/N-ethyl adjacent to an activating group) is 1. The zero-order valence-electron chi connectivity index (χ0n) is 52.2. The van der Waals surface area contributed by atoms with Gasteiger partial charge in [-0.2, -0.15) is 0 Å². The third-order valence-electron chi connectivity index (χ3n) is 13.8. The Balaban J connectivity index is 4.30. The van der Waals surface area contributed by atoms with Crippen LogP contribution >= 0.6 is 7.82 Å². The molecule has 3 unspecified atom stereocenters. The van der Waals surface area contributed by atoms with Crippen molar-refractivity contribution in [2.75, 3.05) is 40.9 Å². The average Bonchev–Trinajstić information content (AvgIpc) is 3.42. The van der Waals surface area contributed by atoms with Gasteiger partial charge in [-0.1, -0.05) is 282 Å². The Morgan fingerprint density at radius 3 is 1.16 bits per heavy atom. The molecule has 0 aromatic rings. The zero-order valence-corrected chi connectivity index (χ0v) is 53.1. The largest absolute Gasteiger partial charge is 0.756 e. The maximum atomic E-state index is 13.0. The number of rotatable bonds is 58. The van der Waals surface area contributed by atoms with Crippen LogP contribution in [0.5, 0.6) is 0 Å². The Bertz CT molecular complexity index is 1760. The first-order valence-electron chi connectivity index (χ1n) is 32.5. The number of nitrogens with one attached hydrogen (secondary N) is 1. The molecule has 0 aliphatic rings. The lowest BCUT2D eigenvalue weighted by Crippen LogP contribution is -2.45. The third-order valence-corrected chi connectivity index (χ3v) is 14.8. The van der Waals surface area contributed by atoms with Gasteiger partial charge < -0.3 is 28.8 Å². The molecule has 2 N–H and O–H groups in total. The monoisotopic (exact) mass is 1130 g/mol. The maximum Gasteiger partial charge on any atom is 0.268 e. The summed E-state index contributed by atoms with van der Waals surface area (Å²) in [5, 5.41) is 13.9. The van der Waals surface area contributed by atoms with Gasteiger partial charge in [0.2, 0.25) is 5.91 Å². The van der Waals surface area contributed by atoms with Crippen LogP contribution in [0.1, 0.15) is 258 Å². The highest BCUT2D eigenvalue weighted by Gasteiger charge is 2.23. The fourth-order valence-electron chi connectivity index (χ4n) is 8.81. The molecule has 9 heteroatoms. The number of aliphatic hydroxyl groups is 1. The minimum absolute atomic E-state index is 0.0206. The van der Waals surface area contributed by atoms with E-state index in [1.807, 2.05) is 27.2 Å². The van der Waals surface area contributed by atoms with Crippen LogP contribution < -0.4 is 10.2 Å². The number of quaternary nitrogens is 1. The van der Waals surface area contributed by atoms with Gasteiger partial charge in [-0.15, -0.1) is 0 Å². The molecule has 3 atom stereocenters. The molecule has 0 spiro atoms. The van der Waals surface area contributed by atoms with Crippen molar-refractivity contribution in [3.05, 3.63) is 134 Å². The molecular weight excluding hydrogens is 1010 g/mol. The Hall–Kier alpha value is -3.36. The summed E-state index contributed by atoms with van der Waals surface area (Å²) in [5.41, 5.74) is 0. The van der Waals surface area contributed by atoms with Gasteiger partial charge in [-0.3, -0.25) is 9.36 Å². The number of phosphoric acid groups is 1. The summed E-state index contributed by atoms with van der Waals surface area (Å²) in [6.07, 6.45) is 91.3. The number of amides is 1. The topological polar surface area (TPSA) is 108 Å². The Labute approximate surface area is 494 Å². The van der Waals surface area contributed by atoms with Crippen molar-refractivity contribution in [1.82, 2.24) is 5.32 Å². The molecule has 458 valence electrons. The molecule has 0 aromatic carbocycles. The second kappa shape index (κ2) is 60.2. The minimum atomic E-state index is -4.63. The van der Waals surface area contributed by atoms with E-state index in [4.69, 9.17) is 9.05 Å². The molecule has 0 heterocycles. The van der Waals surface area contributed by atoms with Crippen molar-refractivity contribution in [3.8, 4) is 0 Å². The SMILES string of the molecule is CC/C=C\C/C=C\C/C=C\C/C=C\C/C=C\C/C=C\C/C=C\C/C=C\C/C=C\CCCCCC(=O)NC(COP(=O)([O-])OCC[N+](C)(C)C)C(O)/C=C/CC/C=C/CCCCCCCCCCCCCCCCCCCCCCC. The molecule has 1 amide bonds. The number of aliphatic hydroxyl groups excluding tert-OH is 1. The quantitative estimate of drug-likeness (QED) is 0.0272. The van der Waals surface area contributed by atoms with Crippen molar-refractivity contribution in [1.29, 1.82) is 0 Å². The highest BCUT2D eigenvalue weighted by Crippen LogP contribution is 2.38. The van der Waals surface area contributed by atoms with E-state index in [2.05, 4.69) is 141 Å². The van der Waals surface area contributed by atoms with E-state index in [-0.39, 0.29) is 18.9 Å². The first kappa shape index (κ1) is 76.6. The smallest absolute Gasteiger partial charge is 0.268 e. The fourth-order valence-corrected chi connectivity index (χ4v) is 9.53. The summed E-state index contributed by atoms with van der Waals surface area (Å²) in [5.74, 6) is -0.243. The summed E-state index contributed by atoms with van der Waals surface area (Å²) < 4.78 is 23.4. The lowest BCUT2D eigenvalue weighted by molar-refractivity contribution is -0.870. The highest BCUT2D eigenvalue weighted by atomic mass is 31.2. The van der Waals surface area contributed by atoms with E-state index < -0.39 is 26.6 Å². The van der Waals surface area contributed by atoms with Crippen molar-refractivity contribution in [2.45, 2.75) is 270 Å². The molecule has 0 aliphatic heterocycles. The van der Waals surface area contributed by atoms with Gasteiger partial charge in [0.1, 0.15) is 13.2 Å². The van der Waals surface area contributed by atoms with Crippen LogP contribution in [0.25, 0.3) is 0 Å². The fraction of sp³-hybridized carbons (Fsp3) is 0.676. The minimum Gasteiger partial charge on any atom is -0.756 e. The van der Waals surface area contributed by atoms with E-state index >= 15 is 0 Å². The highest BCUT2D eigenvalue weighted by molar-refractivity contribution is 7.45. The lowest BCUT2D eigenvalue weighted by Gasteiger charge is -2.29. The number of nitrogens with zero attached hydrogens (tertiary/aromatic N) is 1. The number of phosphoric ester groups is 1. The van der Waals surface area contributed by atoms with Gasteiger partial charge >= 0.3 is 0 Å². The number of carbonyl (C=O) groups excluding carboxylic acids is 1. The van der Waals surface area contributed by atoms with Crippen LogP contribution in [0.3, 0.4) is 0 Å². The first-order chi connectivity index (χ1) is 39.0. The van der Waals surface area contributed by atoms with E-state index in [1.54, 1.807) is 6.08 Å². The average molecular weight is 1130 g/mol. The van der Waals surface area contributed by atoms with Crippen molar-refractivity contribution >= 4 is 13.7 Å². The predicted molar refractivity (Wildman–Crippen MR) is 348 cm³/mol. The van der Waals surface area contributed by atoms with Crippen molar-refractivity contribution in [3.63, 3.8) is 0 Å². The van der Waals surface area contributed by atoms with Crippen LogP contribution in [0, 0.1) is 0 Å². The molecule has 0 fully saturated rings. The molecule has 0 aromatic heterocycles. The number of allylic oxidation sites excluding steroid dienone is 21. The van der Waals surface area contributed by atoms with E-state index in [0.717, 1.165) is 96.3 Å². The lowest BCUT2D eigenvalue weighted by atomic mass is 10.0. The first-order valence-corrected chi connectivity index (χ1v) is 34.0. The second-order valence-corrected chi connectivity index (χ2v) is 24.1. The molecule has 0 saturated heterocycles. The Kier molecular flexibility index (Phi) is 57.7. The molecule has 0 radical (unpaired) electrons. The number of hydrogen-bond acceptors (Lipinski definition) is 6. The predicted octanol–water partition coefficient (Wildman–Crippen LogP) is 20.0. The molecular formula is C71H123N2O6P. The maximum absolute atomic E-state index is 13.0. The van der Waals surface area contributed by atoms with E-state index in [1.165, 1.54) is 135 Å². The van der Waals surface area contributed by atoms with Gasteiger partial charge in [-0.25, -0.2) is 0 Å². The summed E-state index contributed by atoms with van der Waals surface area (Å²) >= 11 is 0. The van der Waals surface area contributed by atoms with Gasteiger partial charge in [0.25, 0.3) is 7.82 Å². The third kappa shape index (κ3) is 62.2. The van der Waals surface area contributed by atoms with Crippen LogP contribution in [0.4, 0.5) is 0 Å². The number of carbonyl (C=O) groups is 1. The number of unbranched alkanes of at least 4 members (excludes halogenated alkanes) is 25. The summed E-state index contributed by atoms with van der Waals surface area (Å²) in [6, 6.07) is -0.934. The van der Waals surface area contributed by atoms with Gasteiger partial charge in [0, 0.05) is 6.42 Å². The van der Waals surface area contributed by atoms with Gasteiger partial charge in [-0.05, 0) is 103 Å². The van der Waals surface area contributed by atoms with Crippen LogP contribution in [0.15, 0.2) is 134 Å². The number of hydrogen-bond donors (Lipinski definition) is 2. The molecule has 0 saturated carbocycles. The molecule has 80 heavy (non-hydrogen) atoms. The molecule has 0 aliphatic carbocycles. The Morgan fingerprint density at radius 2 is 0.775 bits per heavy atom. The van der Waals surface area contributed by atoms with E-state index in [0.29, 0.717) is 17.4 Å². The Morgan fingerprint density at radius 1 is 0.450 bits per heavy atom.